The molecule has 3 aliphatic rings. The largest absolute Gasteiger partial charge is 0.367 e. The fraction of sp³-hybridized carbons (Fsp3) is 0.478. The molecule has 0 amide bonds. The Balaban J connectivity index is 1.22. The summed E-state index contributed by atoms with van der Waals surface area (Å²) in [5.41, 5.74) is 2.24. The summed E-state index contributed by atoms with van der Waals surface area (Å²) in [6.45, 7) is 1.97. The Morgan fingerprint density at radius 3 is 2.77 bits per heavy atom. The molecule has 158 valence electrons. The lowest BCUT2D eigenvalue weighted by atomic mass is 9.57. The minimum atomic E-state index is 0.344. The lowest BCUT2D eigenvalue weighted by Crippen LogP contribution is -2.81. The number of anilines is 3. The lowest BCUT2D eigenvalue weighted by Gasteiger charge is -2.74. The van der Waals surface area contributed by atoms with Gasteiger partial charge in [0.25, 0.3) is 0 Å². The number of hydrogen-bond acceptors (Lipinski definition) is 7. The Bertz CT molecular complexity index is 1160. The highest BCUT2D eigenvalue weighted by atomic mass is 15.4. The fourth-order valence-corrected chi connectivity index (χ4v) is 6.13. The van der Waals surface area contributed by atoms with Crippen LogP contribution in [0.1, 0.15) is 44.2 Å². The van der Waals surface area contributed by atoms with Gasteiger partial charge >= 0.3 is 0 Å². The SMILES string of the molecule is Cc1cc(Nc2nc(NC3C[C@@H]4CC5(CCC#N)C[C@H](C3)N45)c3ccccc3n2)n[nH]1. The zero-order valence-electron chi connectivity index (χ0n) is 17.6. The maximum absolute atomic E-state index is 8.97. The number of piperidine rings is 2. The predicted molar refractivity (Wildman–Crippen MR) is 119 cm³/mol. The van der Waals surface area contributed by atoms with E-state index in [4.69, 9.17) is 10.2 Å². The molecule has 0 radical (unpaired) electrons. The van der Waals surface area contributed by atoms with Crippen LogP contribution < -0.4 is 10.6 Å². The van der Waals surface area contributed by atoms with E-state index >= 15 is 0 Å². The number of nitrogens with one attached hydrogen (secondary N) is 3. The van der Waals surface area contributed by atoms with Gasteiger partial charge in [-0.3, -0.25) is 10.00 Å². The maximum Gasteiger partial charge on any atom is 0.230 e. The van der Waals surface area contributed by atoms with E-state index in [-0.39, 0.29) is 0 Å². The normalized spacial score (nSPS) is 28.8. The highest BCUT2D eigenvalue weighted by molar-refractivity contribution is 5.90. The average molecular weight is 415 g/mol. The third kappa shape index (κ3) is 3.03. The molecule has 6 rings (SSSR count). The summed E-state index contributed by atoms with van der Waals surface area (Å²) in [6.07, 6.45) is 6.44. The molecule has 3 N–H and O–H groups in total. The van der Waals surface area contributed by atoms with Crippen LogP contribution in [0.3, 0.4) is 0 Å². The van der Waals surface area contributed by atoms with Crippen molar-refractivity contribution in [2.45, 2.75) is 69.1 Å². The number of aryl methyl sites for hydroxylation is 1. The summed E-state index contributed by atoms with van der Waals surface area (Å²) in [5.74, 6) is 2.14. The number of aromatic nitrogens is 4. The highest BCUT2D eigenvalue weighted by Gasteiger charge is 2.64. The zero-order valence-corrected chi connectivity index (χ0v) is 17.6. The topological polar surface area (TPSA) is 106 Å². The molecule has 3 fully saturated rings. The quantitative estimate of drug-likeness (QED) is 0.562. The van der Waals surface area contributed by atoms with Crippen LogP contribution >= 0.6 is 0 Å². The Kier molecular flexibility index (Phi) is 4.15. The number of benzene rings is 1. The number of aromatic amines is 1. The molecule has 0 bridgehead atoms. The van der Waals surface area contributed by atoms with Crippen molar-refractivity contribution in [2.75, 3.05) is 10.6 Å². The second kappa shape index (κ2) is 6.92. The van der Waals surface area contributed by atoms with Gasteiger partial charge < -0.3 is 10.6 Å². The van der Waals surface area contributed by atoms with Gasteiger partial charge in [0.1, 0.15) is 5.82 Å². The van der Waals surface area contributed by atoms with Crippen molar-refractivity contribution >= 4 is 28.5 Å². The summed E-state index contributed by atoms with van der Waals surface area (Å²) in [6, 6.07) is 14.1. The molecular formula is C23H26N8. The van der Waals surface area contributed by atoms with Crippen LogP contribution in [0.4, 0.5) is 17.6 Å². The first-order valence-corrected chi connectivity index (χ1v) is 11.1. The molecule has 0 spiro atoms. The van der Waals surface area contributed by atoms with Crippen LogP contribution in [0.2, 0.25) is 0 Å². The molecule has 31 heavy (non-hydrogen) atoms. The van der Waals surface area contributed by atoms with E-state index in [1.165, 1.54) is 12.8 Å². The van der Waals surface area contributed by atoms with Crippen molar-refractivity contribution in [2.24, 2.45) is 0 Å². The van der Waals surface area contributed by atoms with E-state index in [2.05, 4.69) is 42.9 Å². The molecule has 5 heterocycles. The van der Waals surface area contributed by atoms with E-state index < -0.39 is 0 Å². The van der Waals surface area contributed by atoms with Crippen molar-refractivity contribution in [3.8, 4) is 6.07 Å². The minimum Gasteiger partial charge on any atom is -0.367 e. The fourth-order valence-electron chi connectivity index (χ4n) is 6.13. The average Bonchev–Trinajstić information content (AvgIpc) is 3.13. The number of hydrogen-bond donors (Lipinski definition) is 3. The Labute approximate surface area is 181 Å². The van der Waals surface area contributed by atoms with Crippen molar-refractivity contribution in [1.82, 2.24) is 25.1 Å². The predicted octanol–water partition coefficient (Wildman–Crippen LogP) is 3.87. The molecule has 0 aliphatic carbocycles. The van der Waals surface area contributed by atoms with Gasteiger partial charge in [-0.1, -0.05) is 12.1 Å². The number of para-hydroxylation sites is 1. The molecule has 3 aromatic rings. The van der Waals surface area contributed by atoms with Gasteiger partial charge in [-0.2, -0.15) is 15.3 Å². The number of nitriles is 1. The van der Waals surface area contributed by atoms with Gasteiger partial charge in [0, 0.05) is 47.2 Å². The monoisotopic (exact) mass is 414 g/mol. The van der Waals surface area contributed by atoms with E-state index in [0.717, 1.165) is 41.7 Å². The second-order valence-electron chi connectivity index (χ2n) is 9.29. The van der Waals surface area contributed by atoms with Gasteiger partial charge in [0.2, 0.25) is 5.95 Å². The number of nitrogens with zero attached hydrogens (tertiary/aromatic N) is 5. The maximum atomic E-state index is 8.97. The first-order chi connectivity index (χ1) is 15.1. The van der Waals surface area contributed by atoms with Crippen molar-refractivity contribution < 1.29 is 0 Å². The summed E-state index contributed by atoms with van der Waals surface area (Å²) >= 11 is 0. The third-order valence-electron chi connectivity index (χ3n) is 7.27. The number of fused-ring (bicyclic) bond motifs is 1. The second-order valence-corrected chi connectivity index (χ2v) is 9.29. The molecule has 8 nitrogen and oxygen atoms in total. The Hall–Kier alpha value is -3.18. The first kappa shape index (κ1) is 18.6. The van der Waals surface area contributed by atoms with Crippen molar-refractivity contribution in [1.29, 1.82) is 5.26 Å². The molecular weight excluding hydrogens is 388 g/mol. The smallest absolute Gasteiger partial charge is 0.230 e. The zero-order chi connectivity index (χ0) is 21.0. The van der Waals surface area contributed by atoms with Crippen LogP contribution in [-0.2, 0) is 0 Å². The van der Waals surface area contributed by atoms with E-state index in [1.807, 2.05) is 31.2 Å². The van der Waals surface area contributed by atoms with Crippen molar-refractivity contribution in [3.63, 3.8) is 0 Å². The lowest BCUT2D eigenvalue weighted by molar-refractivity contribution is -0.222. The first-order valence-electron chi connectivity index (χ1n) is 11.1. The van der Waals surface area contributed by atoms with Crippen LogP contribution in [0.25, 0.3) is 10.9 Å². The molecule has 8 heteroatoms. The Morgan fingerprint density at radius 2 is 2.03 bits per heavy atom. The molecule has 4 atom stereocenters. The number of rotatable bonds is 6. The van der Waals surface area contributed by atoms with Crippen LogP contribution in [0, 0.1) is 18.3 Å². The molecule has 2 unspecified atom stereocenters. The summed E-state index contributed by atoms with van der Waals surface area (Å²) < 4.78 is 0. The molecule has 0 saturated carbocycles. The number of H-pyrrole nitrogens is 1. The molecule has 2 aromatic heterocycles. The molecule has 1 aromatic carbocycles. The molecule has 3 aliphatic heterocycles. The van der Waals surface area contributed by atoms with Crippen LogP contribution in [0.5, 0.6) is 0 Å². The van der Waals surface area contributed by atoms with Crippen LogP contribution in [0.15, 0.2) is 30.3 Å². The standard InChI is InChI=1S/C23H26N8/c1-14-9-20(30-29-14)27-22-26-19-6-3-2-5-18(19)21(28-22)25-15-10-16-12-23(7-4-8-24)13-17(11-15)31(16)23/h2-3,5-6,9,15-17H,4,7,10-13H2,1H3,(H3,25,26,27,28,29,30)/t15?,16-,17+,23?. The van der Waals surface area contributed by atoms with E-state index in [9.17, 15) is 0 Å². The van der Waals surface area contributed by atoms with Gasteiger partial charge in [-0.25, -0.2) is 4.98 Å². The third-order valence-corrected chi connectivity index (χ3v) is 7.27. The van der Waals surface area contributed by atoms with Crippen LogP contribution in [-0.4, -0.2) is 48.7 Å². The van der Waals surface area contributed by atoms with Crippen molar-refractivity contribution in [3.05, 3.63) is 36.0 Å². The van der Waals surface area contributed by atoms with Gasteiger partial charge in [0.15, 0.2) is 5.82 Å². The summed E-state index contributed by atoms with van der Waals surface area (Å²) in [7, 11) is 0. The van der Waals surface area contributed by atoms with Gasteiger partial charge in [-0.15, -0.1) is 0 Å². The minimum absolute atomic E-state index is 0.344. The summed E-state index contributed by atoms with van der Waals surface area (Å²) in [5, 5.41) is 24.2. The van der Waals surface area contributed by atoms with E-state index in [1.54, 1.807) is 0 Å². The van der Waals surface area contributed by atoms with Gasteiger partial charge in [-0.05, 0) is 51.2 Å². The Morgan fingerprint density at radius 1 is 1.23 bits per heavy atom. The van der Waals surface area contributed by atoms with Gasteiger partial charge in [0.05, 0.1) is 11.6 Å². The molecule has 3 saturated heterocycles. The highest BCUT2D eigenvalue weighted by Crippen LogP contribution is 2.58. The summed E-state index contributed by atoms with van der Waals surface area (Å²) in [4.78, 5) is 12.2. The van der Waals surface area contributed by atoms with E-state index in [0.29, 0.717) is 41.9 Å².